The summed E-state index contributed by atoms with van der Waals surface area (Å²) in [6, 6.07) is 5.91. The fraction of sp³-hybridized carbons (Fsp3) is 0.500. The summed E-state index contributed by atoms with van der Waals surface area (Å²) in [5.41, 5.74) is 0. The van der Waals surface area contributed by atoms with Crippen molar-refractivity contribution in [1.82, 2.24) is 20.0 Å². The van der Waals surface area contributed by atoms with Crippen LogP contribution in [-0.4, -0.2) is 39.7 Å². The van der Waals surface area contributed by atoms with Crippen molar-refractivity contribution in [3.63, 3.8) is 0 Å². The van der Waals surface area contributed by atoms with Crippen LogP contribution < -0.4 is 5.32 Å². The van der Waals surface area contributed by atoms with E-state index < -0.39 is 0 Å². The molecule has 22 heavy (non-hydrogen) atoms. The summed E-state index contributed by atoms with van der Waals surface area (Å²) in [4.78, 5) is 14.5. The van der Waals surface area contributed by atoms with Gasteiger partial charge in [0.2, 0.25) is 5.91 Å². The number of furan rings is 1. The monoisotopic (exact) mass is 302 g/mol. The van der Waals surface area contributed by atoms with E-state index in [9.17, 15) is 4.79 Å². The number of rotatable bonds is 6. The van der Waals surface area contributed by atoms with Crippen LogP contribution in [0.3, 0.4) is 0 Å². The SMILES string of the molecule is C[C@@H](NC(=O)CN1CCC[C@@H]1Cn1cccn1)c1ccco1. The van der Waals surface area contributed by atoms with Crippen molar-refractivity contribution in [3.8, 4) is 0 Å². The molecule has 0 bridgehead atoms. The Hall–Kier alpha value is -2.08. The summed E-state index contributed by atoms with van der Waals surface area (Å²) in [6.07, 6.45) is 7.62. The average molecular weight is 302 g/mol. The molecule has 0 radical (unpaired) electrons. The van der Waals surface area contributed by atoms with Gasteiger partial charge in [0.05, 0.1) is 25.4 Å². The lowest BCUT2D eigenvalue weighted by atomic mass is 10.2. The Morgan fingerprint density at radius 3 is 3.18 bits per heavy atom. The standard InChI is InChI=1S/C16H22N4O2/c1-13(15-6-3-10-22-15)18-16(21)12-19-8-2-5-14(19)11-20-9-4-7-17-20/h3-4,6-7,9-10,13-14H,2,5,8,11-12H2,1H3,(H,18,21)/t13-,14-/m1/s1. The molecule has 3 rings (SSSR count). The van der Waals surface area contributed by atoms with Crippen molar-refractivity contribution >= 4 is 5.91 Å². The quantitative estimate of drug-likeness (QED) is 0.884. The Bertz CT molecular complexity index is 579. The molecule has 6 nitrogen and oxygen atoms in total. The zero-order valence-corrected chi connectivity index (χ0v) is 12.8. The maximum atomic E-state index is 12.2. The lowest BCUT2D eigenvalue weighted by molar-refractivity contribution is -0.123. The van der Waals surface area contributed by atoms with Gasteiger partial charge in [0.15, 0.2) is 0 Å². The third-order valence-electron chi connectivity index (χ3n) is 4.15. The number of nitrogens with one attached hydrogen (secondary N) is 1. The van der Waals surface area contributed by atoms with E-state index in [2.05, 4.69) is 15.3 Å². The molecule has 0 saturated carbocycles. The number of nitrogens with zero attached hydrogens (tertiary/aromatic N) is 3. The van der Waals surface area contributed by atoms with E-state index in [0.29, 0.717) is 12.6 Å². The van der Waals surface area contributed by atoms with Gasteiger partial charge in [-0.1, -0.05) is 0 Å². The first-order chi connectivity index (χ1) is 10.7. The van der Waals surface area contributed by atoms with E-state index in [1.807, 2.05) is 36.0 Å². The van der Waals surface area contributed by atoms with Gasteiger partial charge in [-0.2, -0.15) is 5.10 Å². The molecule has 0 aliphatic carbocycles. The molecular formula is C16H22N4O2. The maximum absolute atomic E-state index is 12.2. The molecule has 1 fully saturated rings. The van der Waals surface area contributed by atoms with Crippen LogP contribution in [0.5, 0.6) is 0 Å². The van der Waals surface area contributed by atoms with Crippen molar-refractivity contribution in [2.24, 2.45) is 0 Å². The summed E-state index contributed by atoms with van der Waals surface area (Å²) in [5, 5.41) is 7.24. The van der Waals surface area contributed by atoms with Crippen LogP contribution in [0, 0.1) is 0 Å². The molecule has 1 aliphatic heterocycles. The van der Waals surface area contributed by atoms with Crippen LogP contribution in [0.1, 0.15) is 31.6 Å². The van der Waals surface area contributed by atoms with Gasteiger partial charge in [-0.3, -0.25) is 14.4 Å². The first kappa shape index (κ1) is 14.8. The van der Waals surface area contributed by atoms with E-state index in [1.165, 1.54) is 0 Å². The van der Waals surface area contributed by atoms with E-state index >= 15 is 0 Å². The Balaban J connectivity index is 1.51. The topological polar surface area (TPSA) is 63.3 Å². The first-order valence-electron chi connectivity index (χ1n) is 7.76. The van der Waals surface area contributed by atoms with Gasteiger partial charge in [0, 0.05) is 18.4 Å². The third-order valence-corrected chi connectivity index (χ3v) is 4.15. The number of hydrogen-bond acceptors (Lipinski definition) is 4. The molecule has 118 valence electrons. The molecule has 0 spiro atoms. The summed E-state index contributed by atoms with van der Waals surface area (Å²) < 4.78 is 7.25. The number of aromatic nitrogens is 2. The molecule has 6 heteroatoms. The Morgan fingerprint density at radius 1 is 1.55 bits per heavy atom. The van der Waals surface area contributed by atoms with E-state index in [0.717, 1.165) is 31.7 Å². The van der Waals surface area contributed by atoms with Gasteiger partial charge < -0.3 is 9.73 Å². The number of amides is 1. The predicted molar refractivity (Wildman–Crippen MR) is 82.1 cm³/mol. The zero-order valence-electron chi connectivity index (χ0n) is 12.8. The van der Waals surface area contributed by atoms with E-state index in [4.69, 9.17) is 4.42 Å². The molecule has 0 unspecified atom stereocenters. The Morgan fingerprint density at radius 2 is 2.45 bits per heavy atom. The smallest absolute Gasteiger partial charge is 0.234 e. The molecule has 3 heterocycles. The van der Waals surface area contributed by atoms with Gasteiger partial charge in [0.1, 0.15) is 5.76 Å². The summed E-state index contributed by atoms with van der Waals surface area (Å²) >= 11 is 0. The highest BCUT2D eigenvalue weighted by atomic mass is 16.3. The van der Waals surface area contributed by atoms with Crippen LogP contribution in [0.2, 0.25) is 0 Å². The van der Waals surface area contributed by atoms with Crippen molar-refractivity contribution in [2.75, 3.05) is 13.1 Å². The normalized spacial score (nSPS) is 20.1. The predicted octanol–water partition coefficient (Wildman–Crippen LogP) is 1.82. The molecule has 1 N–H and O–H groups in total. The minimum Gasteiger partial charge on any atom is -0.467 e. The maximum Gasteiger partial charge on any atom is 0.234 e. The lowest BCUT2D eigenvalue weighted by Gasteiger charge is -2.24. The van der Waals surface area contributed by atoms with Crippen LogP contribution >= 0.6 is 0 Å². The second-order valence-corrected chi connectivity index (χ2v) is 5.80. The third kappa shape index (κ3) is 3.57. The van der Waals surface area contributed by atoms with Gasteiger partial charge in [0.25, 0.3) is 0 Å². The summed E-state index contributed by atoms with van der Waals surface area (Å²) in [7, 11) is 0. The fourth-order valence-corrected chi connectivity index (χ4v) is 3.01. The number of carbonyl (C=O) groups excluding carboxylic acids is 1. The van der Waals surface area contributed by atoms with Crippen LogP contribution in [-0.2, 0) is 11.3 Å². The highest BCUT2D eigenvalue weighted by molar-refractivity contribution is 5.78. The second-order valence-electron chi connectivity index (χ2n) is 5.80. The van der Waals surface area contributed by atoms with Gasteiger partial charge in [-0.05, 0) is 44.5 Å². The minimum atomic E-state index is -0.102. The van der Waals surface area contributed by atoms with Gasteiger partial charge in [-0.25, -0.2) is 0 Å². The molecular weight excluding hydrogens is 280 g/mol. The molecule has 1 aliphatic rings. The summed E-state index contributed by atoms with van der Waals surface area (Å²) in [5.74, 6) is 0.819. The molecule has 1 saturated heterocycles. The highest BCUT2D eigenvalue weighted by Gasteiger charge is 2.27. The minimum absolute atomic E-state index is 0.0382. The van der Waals surface area contributed by atoms with E-state index in [-0.39, 0.29) is 11.9 Å². The Kier molecular flexibility index (Phi) is 4.58. The average Bonchev–Trinajstić information content (AvgIpc) is 3.22. The second kappa shape index (κ2) is 6.79. The largest absolute Gasteiger partial charge is 0.467 e. The molecule has 2 atom stereocenters. The number of likely N-dealkylation sites (tertiary alicyclic amines) is 1. The van der Waals surface area contributed by atoms with Gasteiger partial charge in [-0.15, -0.1) is 0 Å². The number of carbonyl (C=O) groups is 1. The first-order valence-corrected chi connectivity index (χ1v) is 7.76. The molecule has 2 aromatic rings. The lowest BCUT2D eigenvalue weighted by Crippen LogP contribution is -2.42. The molecule has 2 aromatic heterocycles. The molecule has 1 amide bonds. The van der Waals surface area contributed by atoms with Crippen LogP contribution in [0.25, 0.3) is 0 Å². The number of hydrogen-bond donors (Lipinski definition) is 1. The van der Waals surface area contributed by atoms with Crippen LogP contribution in [0.15, 0.2) is 41.3 Å². The van der Waals surface area contributed by atoms with Crippen molar-refractivity contribution < 1.29 is 9.21 Å². The summed E-state index contributed by atoms with van der Waals surface area (Å²) in [6.45, 7) is 4.17. The van der Waals surface area contributed by atoms with Crippen molar-refractivity contribution in [2.45, 2.75) is 38.4 Å². The highest BCUT2D eigenvalue weighted by Crippen LogP contribution is 2.18. The fourth-order valence-electron chi connectivity index (χ4n) is 3.01. The van der Waals surface area contributed by atoms with Crippen molar-refractivity contribution in [3.05, 3.63) is 42.6 Å². The zero-order chi connectivity index (χ0) is 15.4. The van der Waals surface area contributed by atoms with E-state index in [1.54, 1.807) is 12.5 Å². The van der Waals surface area contributed by atoms with Gasteiger partial charge >= 0.3 is 0 Å². The van der Waals surface area contributed by atoms with Crippen molar-refractivity contribution in [1.29, 1.82) is 0 Å². The Labute approximate surface area is 130 Å². The molecule has 0 aromatic carbocycles. The van der Waals surface area contributed by atoms with Crippen LogP contribution in [0.4, 0.5) is 0 Å².